The first-order valence-corrected chi connectivity index (χ1v) is 8.62. The minimum atomic E-state index is 0.677. The van der Waals surface area contributed by atoms with Gasteiger partial charge in [0.15, 0.2) is 0 Å². The fourth-order valence-corrected chi connectivity index (χ4v) is 3.66. The Hall–Kier alpha value is -1.77. The molecule has 2 fully saturated rings. The molecule has 22 heavy (non-hydrogen) atoms. The fraction of sp³-hybridized carbons (Fsp3) is 0.526. The van der Waals surface area contributed by atoms with Crippen LogP contribution in [0.2, 0.25) is 0 Å². The summed E-state index contributed by atoms with van der Waals surface area (Å²) in [5.74, 6) is 1.94. The van der Waals surface area contributed by atoms with Gasteiger partial charge in [-0.3, -0.25) is 0 Å². The summed E-state index contributed by atoms with van der Waals surface area (Å²) in [7, 11) is 0. The minimum absolute atomic E-state index is 0.677. The van der Waals surface area contributed by atoms with Crippen LogP contribution in [0.25, 0.3) is 10.8 Å². The van der Waals surface area contributed by atoms with Crippen LogP contribution in [0.15, 0.2) is 24.4 Å². The summed E-state index contributed by atoms with van der Waals surface area (Å²) in [6.07, 6.45) is 7.27. The molecule has 1 aliphatic carbocycles. The van der Waals surface area contributed by atoms with Crippen molar-refractivity contribution in [2.45, 2.75) is 45.6 Å². The molecule has 116 valence electrons. The second-order valence-electron chi connectivity index (χ2n) is 7.10. The molecule has 3 nitrogen and oxygen atoms in total. The third-order valence-electron chi connectivity index (χ3n) is 4.97. The number of hydrogen-bond acceptors (Lipinski definition) is 3. The van der Waals surface area contributed by atoms with Gasteiger partial charge >= 0.3 is 0 Å². The van der Waals surface area contributed by atoms with Crippen LogP contribution in [-0.4, -0.2) is 24.1 Å². The van der Waals surface area contributed by atoms with Crippen LogP contribution >= 0.6 is 0 Å². The number of nitrogens with one attached hydrogen (secondary N) is 1. The Morgan fingerprint density at radius 1 is 1.23 bits per heavy atom. The van der Waals surface area contributed by atoms with Gasteiger partial charge in [0.1, 0.15) is 5.82 Å². The van der Waals surface area contributed by atoms with Gasteiger partial charge in [0.05, 0.1) is 0 Å². The standard InChI is InChI=1S/C19H25N3/c1-13-5-4-10-22(12-13)19-16-6-3-7-17(21-15-8-9-15)18(16)14(2)11-20-19/h3,6-7,11,13,15,21H,4-5,8-10,12H2,1-2H3. The van der Waals surface area contributed by atoms with E-state index in [0.29, 0.717) is 6.04 Å². The number of aromatic nitrogens is 1. The molecule has 1 atom stereocenters. The highest BCUT2D eigenvalue weighted by atomic mass is 15.2. The van der Waals surface area contributed by atoms with E-state index in [4.69, 9.17) is 4.98 Å². The lowest BCUT2D eigenvalue weighted by atomic mass is 9.99. The van der Waals surface area contributed by atoms with Crippen molar-refractivity contribution in [3.63, 3.8) is 0 Å². The van der Waals surface area contributed by atoms with Crippen molar-refractivity contribution in [2.75, 3.05) is 23.3 Å². The molecule has 0 radical (unpaired) electrons. The molecule has 1 saturated carbocycles. The average Bonchev–Trinajstić information content (AvgIpc) is 3.32. The molecule has 1 aromatic carbocycles. The van der Waals surface area contributed by atoms with Crippen LogP contribution in [0.4, 0.5) is 11.5 Å². The summed E-state index contributed by atoms with van der Waals surface area (Å²) >= 11 is 0. The van der Waals surface area contributed by atoms with Gasteiger partial charge in [0.2, 0.25) is 0 Å². The monoisotopic (exact) mass is 295 g/mol. The zero-order valence-electron chi connectivity index (χ0n) is 13.6. The second-order valence-corrected chi connectivity index (χ2v) is 7.10. The van der Waals surface area contributed by atoms with Gasteiger partial charge in [-0.05, 0) is 50.2 Å². The number of benzene rings is 1. The van der Waals surface area contributed by atoms with Crippen molar-refractivity contribution in [2.24, 2.45) is 5.92 Å². The Balaban J connectivity index is 1.80. The highest BCUT2D eigenvalue weighted by Crippen LogP contribution is 2.36. The number of piperidine rings is 1. The van der Waals surface area contributed by atoms with Gasteiger partial charge < -0.3 is 10.2 Å². The van der Waals surface area contributed by atoms with Crippen molar-refractivity contribution in [3.05, 3.63) is 30.0 Å². The number of hydrogen-bond donors (Lipinski definition) is 1. The normalized spacial score (nSPS) is 22.1. The number of nitrogens with zero attached hydrogens (tertiary/aromatic N) is 2. The molecule has 0 amide bonds. The van der Waals surface area contributed by atoms with Crippen molar-refractivity contribution in [3.8, 4) is 0 Å². The Kier molecular flexibility index (Phi) is 3.44. The van der Waals surface area contributed by atoms with Crippen LogP contribution in [0.5, 0.6) is 0 Å². The van der Waals surface area contributed by atoms with Crippen molar-refractivity contribution < 1.29 is 0 Å². The Bertz CT molecular complexity index is 690. The summed E-state index contributed by atoms with van der Waals surface area (Å²) in [5.41, 5.74) is 2.55. The smallest absolute Gasteiger partial charge is 0.136 e. The molecule has 1 aromatic heterocycles. The van der Waals surface area contributed by atoms with Gasteiger partial charge in [0.25, 0.3) is 0 Å². The molecule has 1 aliphatic heterocycles. The number of pyridine rings is 1. The number of rotatable bonds is 3. The van der Waals surface area contributed by atoms with E-state index in [1.54, 1.807) is 0 Å². The Morgan fingerprint density at radius 2 is 2.09 bits per heavy atom. The molecular weight excluding hydrogens is 270 g/mol. The molecule has 1 saturated heterocycles. The van der Waals surface area contributed by atoms with E-state index in [2.05, 4.69) is 48.5 Å². The summed E-state index contributed by atoms with van der Waals surface area (Å²) < 4.78 is 0. The van der Waals surface area contributed by atoms with Gasteiger partial charge in [-0.15, -0.1) is 0 Å². The second kappa shape index (κ2) is 5.45. The maximum atomic E-state index is 4.80. The molecule has 1 unspecified atom stereocenters. The molecular formula is C19H25N3. The first kappa shape index (κ1) is 13.9. The van der Waals surface area contributed by atoms with E-state index < -0.39 is 0 Å². The van der Waals surface area contributed by atoms with Crippen LogP contribution in [0.3, 0.4) is 0 Å². The molecule has 2 aliphatic rings. The van der Waals surface area contributed by atoms with Crippen LogP contribution in [-0.2, 0) is 0 Å². The lowest BCUT2D eigenvalue weighted by molar-refractivity contribution is 0.445. The van der Waals surface area contributed by atoms with Gasteiger partial charge in [0, 0.05) is 41.8 Å². The minimum Gasteiger partial charge on any atom is -0.382 e. The van der Waals surface area contributed by atoms with Crippen molar-refractivity contribution >= 4 is 22.3 Å². The SMILES string of the molecule is Cc1cnc(N2CCCC(C)C2)c2cccc(NC3CC3)c12. The largest absolute Gasteiger partial charge is 0.382 e. The van der Waals surface area contributed by atoms with E-state index >= 15 is 0 Å². The molecule has 3 heteroatoms. The van der Waals surface area contributed by atoms with Gasteiger partial charge in [-0.2, -0.15) is 0 Å². The van der Waals surface area contributed by atoms with Crippen LogP contribution in [0.1, 0.15) is 38.2 Å². The molecule has 4 rings (SSSR count). The quantitative estimate of drug-likeness (QED) is 0.912. The summed E-state index contributed by atoms with van der Waals surface area (Å²) in [6, 6.07) is 7.31. The zero-order valence-corrected chi connectivity index (χ0v) is 13.6. The van der Waals surface area contributed by atoms with Crippen molar-refractivity contribution in [1.29, 1.82) is 0 Å². The molecule has 2 heterocycles. The van der Waals surface area contributed by atoms with E-state index in [0.717, 1.165) is 19.0 Å². The maximum absolute atomic E-state index is 4.80. The number of anilines is 2. The number of fused-ring (bicyclic) bond motifs is 1. The Labute approximate surface area is 132 Å². The molecule has 2 aromatic rings. The van der Waals surface area contributed by atoms with Crippen molar-refractivity contribution in [1.82, 2.24) is 4.98 Å². The van der Waals surface area contributed by atoms with E-state index in [1.807, 2.05) is 0 Å². The van der Waals surface area contributed by atoms with E-state index in [-0.39, 0.29) is 0 Å². The predicted molar refractivity (Wildman–Crippen MR) is 93.7 cm³/mol. The van der Waals surface area contributed by atoms with Crippen LogP contribution < -0.4 is 10.2 Å². The van der Waals surface area contributed by atoms with E-state index in [1.165, 1.54) is 53.5 Å². The lowest BCUT2D eigenvalue weighted by Crippen LogP contribution is -2.35. The highest BCUT2D eigenvalue weighted by Gasteiger charge is 2.23. The summed E-state index contributed by atoms with van der Waals surface area (Å²) in [6.45, 7) is 6.79. The van der Waals surface area contributed by atoms with E-state index in [9.17, 15) is 0 Å². The van der Waals surface area contributed by atoms with Gasteiger partial charge in [-0.25, -0.2) is 4.98 Å². The van der Waals surface area contributed by atoms with Gasteiger partial charge in [-0.1, -0.05) is 19.1 Å². The first-order chi connectivity index (χ1) is 10.7. The molecule has 0 bridgehead atoms. The fourth-order valence-electron chi connectivity index (χ4n) is 3.66. The maximum Gasteiger partial charge on any atom is 0.136 e. The highest BCUT2D eigenvalue weighted by molar-refractivity contribution is 6.02. The molecule has 1 N–H and O–H groups in total. The average molecular weight is 295 g/mol. The zero-order chi connectivity index (χ0) is 15.1. The first-order valence-electron chi connectivity index (χ1n) is 8.62. The third kappa shape index (κ3) is 2.53. The third-order valence-corrected chi connectivity index (χ3v) is 4.97. The number of aryl methyl sites for hydroxylation is 1. The lowest BCUT2D eigenvalue weighted by Gasteiger charge is -2.33. The Morgan fingerprint density at radius 3 is 2.86 bits per heavy atom. The predicted octanol–water partition coefficient (Wildman–Crippen LogP) is 4.35. The molecule has 0 spiro atoms. The summed E-state index contributed by atoms with van der Waals surface area (Å²) in [4.78, 5) is 7.28. The topological polar surface area (TPSA) is 28.2 Å². The summed E-state index contributed by atoms with van der Waals surface area (Å²) in [5, 5.41) is 6.36. The van der Waals surface area contributed by atoms with Crippen LogP contribution in [0, 0.1) is 12.8 Å².